The maximum Gasteiger partial charge on any atom is 0.212 e. The van der Waals surface area contributed by atoms with Gasteiger partial charge in [-0.2, -0.15) is 0 Å². The molecule has 0 N–H and O–H groups in total. The average Bonchev–Trinajstić information content (AvgIpc) is 2.89. The van der Waals surface area contributed by atoms with Crippen LogP contribution in [0.3, 0.4) is 0 Å². The molecule has 0 bridgehead atoms. The van der Waals surface area contributed by atoms with Crippen LogP contribution < -0.4 is 0 Å². The van der Waals surface area contributed by atoms with Crippen LogP contribution in [0.1, 0.15) is 59.3 Å². The summed E-state index contributed by atoms with van der Waals surface area (Å²) in [5, 5.41) is 0.106. The van der Waals surface area contributed by atoms with E-state index in [1.165, 1.54) is 25.7 Å². The number of allylic oxidation sites excluding steroid dienone is 4. The molecule has 0 aliphatic heterocycles. The average molecular weight is 351 g/mol. The second-order valence-electron chi connectivity index (χ2n) is 9.00. The summed E-state index contributed by atoms with van der Waals surface area (Å²) < 4.78 is 14.7. The highest BCUT2D eigenvalue weighted by Crippen LogP contribution is 2.66. The number of halogens is 2. The normalized spacial score (nSPS) is 50.5. The number of ketones is 1. The minimum absolute atomic E-state index is 0.106. The van der Waals surface area contributed by atoms with E-state index in [0.717, 1.165) is 24.7 Å². The largest absolute Gasteiger partial charge is 0.289 e. The lowest BCUT2D eigenvalue weighted by atomic mass is 9.48. The molecule has 24 heavy (non-hydrogen) atoms. The van der Waals surface area contributed by atoms with Crippen molar-refractivity contribution in [3.63, 3.8) is 0 Å². The predicted molar refractivity (Wildman–Crippen MR) is 95.5 cm³/mol. The fraction of sp³-hybridized carbons (Fsp3) is 0.762. The molecule has 2 fully saturated rings. The summed E-state index contributed by atoms with van der Waals surface area (Å²) in [4.78, 5) is 12.0. The van der Waals surface area contributed by atoms with Gasteiger partial charge in [0.15, 0.2) is 6.17 Å². The van der Waals surface area contributed by atoms with Crippen LogP contribution in [0.2, 0.25) is 0 Å². The molecule has 4 aliphatic carbocycles. The number of hydrogen-bond donors (Lipinski definition) is 0. The molecule has 3 heteroatoms. The molecule has 132 valence electrons. The van der Waals surface area contributed by atoms with Crippen molar-refractivity contribution < 1.29 is 9.18 Å². The van der Waals surface area contributed by atoms with Crippen molar-refractivity contribution in [2.75, 3.05) is 0 Å². The molecule has 2 saturated carbocycles. The molecule has 1 nitrogen and oxygen atoms in total. The van der Waals surface area contributed by atoms with Gasteiger partial charge >= 0.3 is 0 Å². The van der Waals surface area contributed by atoms with Gasteiger partial charge in [-0.1, -0.05) is 50.9 Å². The highest BCUT2D eigenvalue weighted by Gasteiger charge is 2.59. The van der Waals surface area contributed by atoms with Crippen molar-refractivity contribution in [3.05, 3.63) is 22.8 Å². The van der Waals surface area contributed by atoms with Gasteiger partial charge in [0.2, 0.25) is 5.78 Å². The highest BCUT2D eigenvalue weighted by molar-refractivity contribution is 6.43. The number of carbonyl (C=O) groups is 1. The third-order valence-electron chi connectivity index (χ3n) is 8.29. The molecule has 4 aliphatic rings. The van der Waals surface area contributed by atoms with Gasteiger partial charge in [-0.3, -0.25) is 4.79 Å². The van der Waals surface area contributed by atoms with E-state index in [1.54, 1.807) is 0 Å². The molecule has 0 amide bonds. The summed E-state index contributed by atoms with van der Waals surface area (Å²) >= 11 is 6.13. The first-order valence-corrected chi connectivity index (χ1v) is 9.98. The summed E-state index contributed by atoms with van der Waals surface area (Å²) in [6.45, 7) is 6.95. The first-order valence-electron chi connectivity index (χ1n) is 9.60. The van der Waals surface area contributed by atoms with Gasteiger partial charge in [0, 0.05) is 5.41 Å². The highest BCUT2D eigenvalue weighted by atomic mass is 35.5. The monoisotopic (exact) mass is 350 g/mol. The number of Topliss-reactive ketones (excluding diaryl/α,β-unsaturated/α-hetero) is 1. The number of hydrogen-bond acceptors (Lipinski definition) is 1. The molecule has 0 unspecified atom stereocenters. The molecule has 0 heterocycles. The second kappa shape index (κ2) is 5.43. The van der Waals surface area contributed by atoms with Crippen molar-refractivity contribution >= 4 is 17.4 Å². The number of fused-ring (bicyclic) bond motifs is 5. The van der Waals surface area contributed by atoms with Crippen LogP contribution in [0, 0.1) is 34.5 Å². The van der Waals surface area contributed by atoms with Crippen molar-refractivity contribution in [1.82, 2.24) is 0 Å². The zero-order chi connectivity index (χ0) is 17.3. The number of rotatable bonds is 1. The molecule has 0 aromatic rings. The maximum absolute atomic E-state index is 14.7. The lowest BCUT2D eigenvalue weighted by Gasteiger charge is -2.56. The van der Waals surface area contributed by atoms with Crippen LogP contribution in [-0.2, 0) is 4.79 Å². The summed E-state index contributed by atoms with van der Waals surface area (Å²) in [7, 11) is 0. The molecule has 0 spiro atoms. The third-order valence-corrected chi connectivity index (χ3v) is 8.59. The zero-order valence-corrected chi connectivity index (χ0v) is 15.7. The van der Waals surface area contributed by atoms with Crippen LogP contribution in [-0.4, -0.2) is 12.0 Å². The van der Waals surface area contributed by atoms with Crippen LogP contribution in [0.25, 0.3) is 0 Å². The Kier molecular flexibility index (Phi) is 3.81. The molecule has 0 saturated heterocycles. The Labute approximate surface area is 149 Å². The van der Waals surface area contributed by atoms with E-state index in [1.807, 2.05) is 6.08 Å². The number of alkyl halides is 1. The smallest absolute Gasteiger partial charge is 0.212 e. The van der Waals surface area contributed by atoms with E-state index in [-0.39, 0.29) is 10.4 Å². The van der Waals surface area contributed by atoms with E-state index in [0.29, 0.717) is 22.8 Å². The predicted octanol–water partition coefficient (Wildman–Crippen LogP) is 5.84. The molecule has 0 aromatic heterocycles. The van der Waals surface area contributed by atoms with E-state index in [4.69, 9.17) is 11.6 Å². The Morgan fingerprint density at radius 2 is 2.00 bits per heavy atom. The Hall–Kier alpha value is -0.630. The molecule has 7 atom stereocenters. The molecular formula is C21H28ClFO. The van der Waals surface area contributed by atoms with Gasteiger partial charge in [0.05, 0.1) is 5.03 Å². The quantitative estimate of drug-likeness (QED) is 0.543. The van der Waals surface area contributed by atoms with Crippen LogP contribution >= 0.6 is 11.6 Å². The van der Waals surface area contributed by atoms with E-state index >= 15 is 0 Å². The minimum atomic E-state index is -1.53. The van der Waals surface area contributed by atoms with Gasteiger partial charge in [0.25, 0.3) is 0 Å². The van der Waals surface area contributed by atoms with Gasteiger partial charge in [0.1, 0.15) is 0 Å². The van der Waals surface area contributed by atoms with Crippen molar-refractivity contribution in [2.24, 2.45) is 34.5 Å². The lowest BCUT2D eigenvalue weighted by molar-refractivity contribution is -0.120. The van der Waals surface area contributed by atoms with E-state index < -0.39 is 12.0 Å². The van der Waals surface area contributed by atoms with Crippen molar-refractivity contribution in [1.29, 1.82) is 0 Å². The van der Waals surface area contributed by atoms with Gasteiger partial charge in [-0.25, -0.2) is 4.39 Å². The maximum atomic E-state index is 14.7. The zero-order valence-electron chi connectivity index (χ0n) is 14.9. The minimum Gasteiger partial charge on any atom is -0.289 e. The Morgan fingerprint density at radius 1 is 1.25 bits per heavy atom. The lowest BCUT2D eigenvalue weighted by Crippen LogP contribution is -2.51. The number of carbonyl (C=O) groups excluding carboxylic acids is 1. The fourth-order valence-electron chi connectivity index (χ4n) is 7.00. The molecular weight excluding hydrogens is 323 g/mol. The van der Waals surface area contributed by atoms with Crippen LogP contribution in [0.4, 0.5) is 4.39 Å². The van der Waals surface area contributed by atoms with Gasteiger partial charge in [-0.05, 0) is 66.8 Å². The van der Waals surface area contributed by atoms with E-state index in [9.17, 15) is 9.18 Å². The summed E-state index contributed by atoms with van der Waals surface area (Å²) in [5.74, 6) is 2.05. The standard InChI is InChI=1S/C21H28ClFO/c1-4-12-5-7-14-13-6-8-16-18(23)19(24)17(22)11-21(16,3)15(13)9-10-20(12,14)2/h8,11-15,18H,4-7,9-10H2,1-3H3/t12-,13-,14-,15-,18-,20+,21+/m0/s1. The van der Waals surface area contributed by atoms with Crippen LogP contribution in [0.15, 0.2) is 22.8 Å². The second-order valence-corrected chi connectivity index (χ2v) is 9.41. The van der Waals surface area contributed by atoms with Crippen molar-refractivity contribution in [3.8, 4) is 0 Å². The molecule has 0 radical (unpaired) electrons. The summed E-state index contributed by atoms with van der Waals surface area (Å²) in [5.41, 5.74) is 0.760. The fourth-order valence-corrected chi connectivity index (χ4v) is 7.32. The SMILES string of the molecule is CC[C@H]1CC[C@H]2[C@@H]3CC=C4[C@H](F)C(=O)C(Cl)=C[C@]4(C)[C@H]3CC[C@]12C. The van der Waals surface area contributed by atoms with Gasteiger partial charge < -0.3 is 0 Å². The Morgan fingerprint density at radius 3 is 2.71 bits per heavy atom. The summed E-state index contributed by atoms with van der Waals surface area (Å²) in [6, 6.07) is 0. The third kappa shape index (κ3) is 2.01. The van der Waals surface area contributed by atoms with Gasteiger partial charge in [-0.15, -0.1) is 0 Å². The first kappa shape index (κ1) is 16.8. The Bertz CT molecular complexity index is 638. The molecule has 0 aromatic carbocycles. The van der Waals surface area contributed by atoms with Crippen molar-refractivity contribution in [2.45, 2.75) is 65.5 Å². The summed E-state index contributed by atoms with van der Waals surface area (Å²) in [6.07, 6.45) is 9.62. The Balaban J connectivity index is 1.74. The van der Waals surface area contributed by atoms with E-state index in [2.05, 4.69) is 26.8 Å². The molecule has 4 rings (SSSR count). The van der Waals surface area contributed by atoms with Crippen LogP contribution in [0.5, 0.6) is 0 Å². The topological polar surface area (TPSA) is 17.1 Å². The first-order chi connectivity index (χ1) is 11.3.